The van der Waals surface area contributed by atoms with Gasteiger partial charge in [0.1, 0.15) is 11.5 Å². The molecule has 33 heavy (non-hydrogen) atoms. The fraction of sp³-hybridized carbons (Fsp3) is 0.261. The van der Waals surface area contributed by atoms with Crippen molar-refractivity contribution in [3.63, 3.8) is 0 Å². The van der Waals surface area contributed by atoms with Crippen LogP contribution in [-0.2, 0) is 18.2 Å². The van der Waals surface area contributed by atoms with Crippen LogP contribution in [0.25, 0.3) is 17.0 Å². The topological polar surface area (TPSA) is 94.6 Å². The van der Waals surface area contributed by atoms with Gasteiger partial charge in [0.05, 0.1) is 36.2 Å². The van der Waals surface area contributed by atoms with Gasteiger partial charge in [0, 0.05) is 45.7 Å². The van der Waals surface area contributed by atoms with E-state index in [2.05, 4.69) is 15.1 Å². The van der Waals surface area contributed by atoms with E-state index in [0.717, 1.165) is 0 Å². The number of ether oxygens (including phenoxy) is 1. The lowest BCUT2D eigenvalue weighted by atomic mass is 10.1. The summed E-state index contributed by atoms with van der Waals surface area (Å²) in [5, 5.41) is 4.11. The van der Waals surface area contributed by atoms with Crippen molar-refractivity contribution in [2.45, 2.75) is 6.42 Å². The van der Waals surface area contributed by atoms with Crippen LogP contribution >= 0.6 is 0 Å². The summed E-state index contributed by atoms with van der Waals surface area (Å²) in [5.74, 6) is -0.550. The number of imidazole rings is 1. The highest BCUT2D eigenvalue weighted by Gasteiger charge is 2.24. The number of nitrogens with zero attached hydrogens (tertiary/aromatic N) is 6. The quantitative estimate of drug-likeness (QED) is 0.383. The number of aryl methyl sites for hydroxylation is 1. The summed E-state index contributed by atoms with van der Waals surface area (Å²) < 4.78 is 21.7. The predicted molar refractivity (Wildman–Crippen MR) is 118 cm³/mol. The van der Waals surface area contributed by atoms with Crippen molar-refractivity contribution >= 4 is 17.5 Å². The van der Waals surface area contributed by atoms with Gasteiger partial charge in [-0.3, -0.25) is 18.7 Å². The highest BCUT2D eigenvalue weighted by Crippen LogP contribution is 2.20. The number of halogens is 1. The molecule has 3 heterocycles. The number of amides is 1. The van der Waals surface area contributed by atoms with Crippen molar-refractivity contribution < 1.29 is 18.7 Å². The molecule has 0 saturated carbocycles. The van der Waals surface area contributed by atoms with Gasteiger partial charge in [-0.05, 0) is 18.2 Å². The molecule has 0 aliphatic heterocycles. The number of methoxy groups -OCH3 is 1. The molecule has 0 bridgehead atoms. The predicted octanol–water partition coefficient (Wildman–Crippen LogP) is 2.41. The van der Waals surface area contributed by atoms with Crippen LogP contribution in [0, 0.1) is 5.82 Å². The first-order valence-corrected chi connectivity index (χ1v) is 10.3. The van der Waals surface area contributed by atoms with Crippen LogP contribution in [0.2, 0.25) is 0 Å². The summed E-state index contributed by atoms with van der Waals surface area (Å²) >= 11 is 0. The van der Waals surface area contributed by atoms with E-state index in [9.17, 15) is 14.0 Å². The number of benzene rings is 1. The van der Waals surface area contributed by atoms with Crippen molar-refractivity contribution in [1.29, 1.82) is 0 Å². The highest BCUT2D eigenvalue weighted by molar-refractivity contribution is 6.07. The van der Waals surface area contributed by atoms with Gasteiger partial charge in [-0.1, -0.05) is 12.1 Å². The SMILES string of the molecule is COCCN(C)C(=O)c1cnn(C)c1C(=O)Cc1ccn2cc(-c3cccc(F)c3)nc2n1. The number of likely N-dealkylation sites (N-methyl/N-ethyl adjacent to an activating group) is 1. The minimum atomic E-state index is -0.349. The number of carbonyl (C=O) groups is 2. The van der Waals surface area contributed by atoms with E-state index in [0.29, 0.717) is 35.9 Å². The van der Waals surface area contributed by atoms with Crippen LogP contribution in [0.3, 0.4) is 0 Å². The first-order chi connectivity index (χ1) is 15.9. The first kappa shape index (κ1) is 22.3. The maximum atomic E-state index is 13.6. The molecule has 1 amide bonds. The summed E-state index contributed by atoms with van der Waals surface area (Å²) in [4.78, 5) is 36.3. The average molecular weight is 450 g/mol. The monoisotopic (exact) mass is 450 g/mol. The Balaban J connectivity index is 1.57. The number of rotatable bonds is 8. The summed E-state index contributed by atoms with van der Waals surface area (Å²) in [6.45, 7) is 0.779. The van der Waals surface area contributed by atoms with Gasteiger partial charge in [-0.25, -0.2) is 14.4 Å². The van der Waals surface area contributed by atoms with E-state index >= 15 is 0 Å². The maximum absolute atomic E-state index is 13.6. The zero-order valence-corrected chi connectivity index (χ0v) is 18.5. The fourth-order valence-corrected chi connectivity index (χ4v) is 3.50. The van der Waals surface area contributed by atoms with Gasteiger partial charge < -0.3 is 9.64 Å². The van der Waals surface area contributed by atoms with Crippen molar-refractivity contribution in [3.8, 4) is 11.3 Å². The van der Waals surface area contributed by atoms with Crippen LogP contribution < -0.4 is 0 Å². The second kappa shape index (κ2) is 9.29. The highest BCUT2D eigenvalue weighted by atomic mass is 19.1. The number of aromatic nitrogens is 5. The normalized spacial score (nSPS) is 11.2. The minimum Gasteiger partial charge on any atom is -0.383 e. The Morgan fingerprint density at radius 1 is 1.21 bits per heavy atom. The largest absolute Gasteiger partial charge is 0.383 e. The fourth-order valence-electron chi connectivity index (χ4n) is 3.50. The molecule has 170 valence electrons. The van der Waals surface area contributed by atoms with Gasteiger partial charge in [-0.2, -0.15) is 5.10 Å². The standard InChI is InChI=1S/C23H23FN6O3/c1-28(9-10-33-3)22(32)18-13-25-29(2)21(18)20(31)12-17-7-8-30-14-19(27-23(30)26-17)15-5-4-6-16(24)11-15/h4-8,11,13-14H,9-10,12H2,1-3H3. The Kier molecular flexibility index (Phi) is 6.27. The lowest BCUT2D eigenvalue weighted by molar-refractivity contribution is 0.0739. The Labute approximate surface area is 189 Å². The molecule has 0 aliphatic rings. The molecule has 0 N–H and O–H groups in total. The van der Waals surface area contributed by atoms with Gasteiger partial charge in [0.25, 0.3) is 5.91 Å². The number of fused-ring (bicyclic) bond motifs is 1. The summed E-state index contributed by atoms with van der Waals surface area (Å²) in [7, 11) is 4.82. The molecule has 10 heteroatoms. The zero-order chi connectivity index (χ0) is 23.5. The molecule has 4 rings (SSSR count). The van der Waals surface area contributed by atoms with Crippen LogP contribution in [0.5, 0.6) is 0 Å². The van der Waals surface area contributed by atoms with E-state index in [-0.39, 0.29) is 35.2 Å². The molecule has 4 aromatic rings. The molecule has 0 saturated heterocycles. The zero-order valence-electron chi connectivity index (χ0n) is 18.5. The van der Waals surface area contributed by atoms with Crippen LogP contribution in [-0.4, -0.2) is 68.0 Å². The molecule has 1 aromatic carbocycles. The molecule has 0 atom stereocenters. The van der Waals surface area contributed by atoms with Crippen LogP contribution in [0.1, 0.15) is 26.5 Å². The lowest BCUT2D eigenvalue weighted by Gasteiger charge is -2.16. The van der Waals surface area contributed by atoms with Crippen molar-refractivity contribution in [2.75, 3.05) is 27.3 Å². The maximum Gasteiger partial charge on any atom is 0.257 e. The molecular formula is C23H23FN6O3. The third kappa shape index (κ3) is 4.65. The van der Waals surface area contributed by atoms with E-state index in [4.69, 9.17) is 4.74 Å². The minimum absolute atomic E-state index is 0.0275. The van der Waals surface area contributed by atoms with Crippen LogP contribution in [0.15, 0.2) is 48.9 Å². The molecule has 0 aliphatic carbocycles. The van der Waals surface area contributed by atoms with Crippen molar-refractivity contribution in [1.82, 2.24) is 29.0 Å². The number of hydrogen-bond acceptors (Lipinski definition) is 6. The molecule has 9 nitrogen and oxygen atoms in total. The van der Waals surface area contributed by atoms with E-state index in [1.165, 1.54) is 27.9 Å². The average Bonchev–Trinajstić information content (AvgIpc) is 3.40. The lowest BCUT2D eigenvalue weighted by Crippen LogP contribution is -2.31. The molecule has 0 spiro atoms. The van der Waals surface area contributed by atoms with E-state index in [1.807, 2.05) is 0 Å². The molecule has 3 aromatic heterocycles. The van der Waals surface area contributed by atoms with E-state index in [1.54, 1.807) is 56.2 Å². The number of hydrogen-bond donors (Lipinski definition) is 0. The molecule has 0 radical (unpaired) electrons. The van der Waals surface area contributed by atoms with Crippen molar-refractivity contribution in [3.05, 3.63) is 71.7 Å². The van der Waals surface area contributed by atoms with E-state index < -0.39 is 0 Å². The molecule has 0 fully saturated rings. The third-order valence-corrected chi connectivity index (χ3v) is 5.26. The Morgan fingerprint density at radius 2 is 2.03 bits per heavy atom. The summed E-state index contributed by atoms with van der Waals surface area (Å²) in [6.07, 6.45) is 4.86. The number of Topliss-reactive ketones (excluding diaryl/α,β-unsaturated/α-hetero) is 1. The van der Waals surface area contributed by atoms with Gasteiger partial charge in [-0.15, -0.1) is 0 Å². The van der Waals surface area contributed by atoms with Gasteiger partial charge in [0.15, 0.2) is 5.78 Å². The number of ketones is 1. The van der Waals surface area contributed by atoms with Gasteiger partial charge in [0.2, 0.25) is 5.78 Å². The third-order valence-electron chi connectivity index (χ3n) is 5.26. The van der Waals surface area contributed by atoms with Crippen LogP contribution in [0.4, 0.5) is 4.39 Å². The Morgan fingerprint density at radius 3 is 2.79 bits per heavy atom. The summed E-state index contributed by atoms with van der Waals surface area (Å²) in [6, 6.07) is 7.86. The smallest absolute Gasteiger partial charge is 0.257 e. The second-order valence-electron chi connectivity index (χ2n) is 7.61. The Hall–Kier alpha value is -3.92. The number of carbonyl (C=O) groups excluding carboxylic acids is 2. The van der Waals surface area contributed by atoms with Crippen molar-refractivity contribution in [2.24, 2.45) is 7.05 Å². The van der Waals surface area contributed by atoms with Gasteiger partial charge >= 0.3 is 0 Å². The second-order valence-corrected chi connectivity index (χ2v) is 7.61. The molecular weight excluding hydrogens is 427 g/mol. The first-order valence-electron chi connectivity index (χ1n) is 10.3. The summed E-state index contributed by atoms with van der Waals surface area (Å²) in [5.41, 5.74) is 2.15. The Bertz CT molecular complexity index is 1330. The molecule has 0 unspecified atom stereocenters.